The van der Waals surface area contributed by atoms with Gasteiger partial charge in [-0.25, -0.2) is 5.84 Å². The van der Waals surface area contributed by atoms with Crippen molar-refractivity contribution in [1.82, 2.24) is 5.43 Å². The summed E-state index contributed by atoms with van der Waals surface area (Å²) in [5.74, 6) is 5.54. The molecular weight excluding hydrogens is 298 g/mol. The zero-order chi connectivity index (χ0) is 16.7. The summed E-state index contributed by atoms with van der Waals surface area (Å²) in [6.07, 6.45) is 0. The van der Waals surface area contributed by atoms with Gasteiger partial charge in [-0.3, -0.25) is 15.0 Å². The molecule has 23 heavy (non-hydrogen) atoms. The molecule has 2 rings (SSSR count). The van der Waals surface area contributed by atoms with E-state index in [0.717, 1.165) is 0 Å². The maximum atomic E-state index is 11.8. The molecule has 0 radical (unpaired) electrons. The van der Waals surface area contributed by atoms with E-state index in [1.54, 1.807) is 55.6 Å². The molecule has 0 aliphatic carbocycles. The van der Waals surface area contributed by atoms with E-state index in [1.807, 2.05) is 5.43 Å². The first-order chi connectivity index (χ1) is 11.1. The summed E-state index contributed by atoms with van der Waals surface area (Å²) in [6.45, 7) is -0.144. The standard InChI is InChI=1S/C16H17N3O4/c1-22-13-8-4-12(5-9-13)18-15(20)10-23-14-6-2-11(3-7-14)16(21)19-17/h2-9H,10,17H2,1H3,(H,18,20)(H,19,21). The van der Waals surface area contributed by atoms with Crippen LogP contribution < -0.4 is 26.1 Å². The zero-order valence-corrected chi connectivity index (χ0v) is 12.5. The van der Waals surface area contributed by atoms with Crippen LogP contribution >= 0.6 is 0 Å². The molecule has 2 amide bonds. The van der Waals surface area contributed by atoms with Crippen molar-refractivity contribution in [2.75, 3.05) is 19.0 Å². The zero-order valence-electron chi connectivity index (χ0n) is 12.5. The van der Waals surface area contributed by atoms with Gasteiger partial charge in [0.15, 0.2) is 6.61 Å². The van der Waals surface area contributed by atoms with Crippen LogP contribution in [0.5, 0.6) is 11.5 Å². The Bertz CT molecular complexity index is 669. The minimum atomic E-state index is -0.395. The molecule has 7 nitrogen and oxygen atoms in total. The highest BCUT2D eigenvalue weighted by Gasteiger charge is 2.06. The first-order valence-corrected chi connectivity index (χ1v) is 6.80. The Morgan fingerprint density at radius 3 is 2.17 bits per heavy atom. The van der Waals surface area contributed by atoms with E-state index in [4.69, 9.17) is 15.3 Å². The van der Waals surface area contributed by atoms with Gasteiger partial charge in [-0.1, -0.05) is 0 Å². The van der Waals surface area contributed by atoms with E-state index in [2.05, 4.69) is 5.32 Å². The second-order valence-electron chi connectivity index (χ2n) is 4.56. The fourth-order valence-electron chi connectivity index (χ4n) is 1.81. The van der Waals surface area contributed by atoms with Crippen LogP contribution in [0.4, 0.5) is 5.69 Å². The molecule has 0 heterocycles. The molecule has 0 saturated heterocycles. The van der Waals surface area contributed by atoms with Gasteiger partial charge in [0.05, 0.1) is 7.11 Å². The highest BCUT2D eigenvalue weighted by Crippen LogP contribution is 2.15. The predicted octanol–water partition coefficient (Wildman–Crippen LogP) is 1.32. The van der Waals surface area contributed by atoms with Gasteiger partial charge in [0.25, 0.3) is 11.8 Å². The van der Waals surface area contributed by atoms with Gasteiger partial charge in [0, 0.05) is 11.3 Å². The molecule has 0 saturated carbocycles. The minimum absolute atomic E-state index is 0.144. The Morgan fingerprint density at radius 1 is 1.00 bits per heavy atom. The molecule has 2 aromatic carbocycles. The van der Waals surface area contributed by atoms with E-state index in [9.17, 15) is 9.59 Å². The van der Waals surface area contributed by atoms with Crippen molar-refractivity contribution >= 4 is 17.5 Å². The van der Waals surface area contributed by atoms with Crippen LogP contribution in [0.25, 0.3) is 0 Å². The van der Waals surface area contributed by atoms with Crippen LogP contribution in [-0.2, 0) is 4.79 Å². The number of hydrogen-bond acceptors (Lipinski definition) is 5. The Hall–Kier alpha value is -3.06. The number of rotatable bonds is 6. The van der Waals surface area contributed by atoms with Crippen molar-refractivity contribution in [2.45, 2.75) is 0 Å². The number of carbonyl (C=O) groups excluding carboxylic acids is 2. The molecule has 4 N–H and O–H groups in total. The lowest BCUT2D eigenvalue weighted by Crippen LogP contribution is -2.29. The number of hydrogen-bond donors (Lipinski definition) is 3. The number of anilines is 1. The maximum absolute atomic E-state index is 11.8. The van der Waals surface area contributed by atoms with Crippen LogP contribution in [0.2, 0.25) is 0 Å². The summed E-state index contributed by atoms with van der Waals surface area (Å²) >= 11 is 0. The topological polar surface area (TPSA) is 103 Å². The van der Waals surface area contributed by atoms with E-state index in [0.29, 0.717) is 22.7 Å². The Labute approximate surface area is 133 Å². The van der Waals surface area contributed by atoms with Crippen molar-refractivity contribution < 1.29 is 19.1 Å². The number of ether oxygens (including phenoxy) is 2. The van der Waals surface area contributed by atoms with Gasteiger partial charge < -0.3 is 14.8 Å². The van der Waals surface area contributed by atoms with Crippen LogP contribution in [0, 0.1) is 0 Å². The molecule has 0 spiro atoms. The average molecular weight is 315 g/mol. The molecule has 2 aromatic rings. The Balaban J connectivity index is 1.84. The normalized spacial score (nSPS) is 9.83. The average Bonchev–Trinajstić information content (AvgIpc) is 2.60. The molecule has 120 valence electrons. The predicted molar refractivity (Wildman–Crippen MR) is 85.2 cm³/mol. The van der Waals surface area contributed by atoms with Gasteiger partial charge in [0.1, 0.15) is 11.5 Å². The maximum Gasteiger partial charge on any atom is 0.265 e. The smallest absolute Gasteiger partial charge is 0.265 e. The van der Waals surface area contributed by atoms with E-state index in [-0.39, 0.29) is 12.5 Å². The van der Waals surface area contributed by atoms with Crippen LogP contribution in [0.15, 0.2) is 48.5 Å². The lowest BCUT2D eigenvalue weighted by Gasteiger charge is -2.08. The van der Waals surface area contributed by atoms with Crippen LogP contribution in [-0.4, -0.2) is 25.5 Å². The largest absolute Gasteiger partial charge is 0.497 e. The number of nitrogen functional groups attached to an aromatic ring is 1. The van der Waals surface area contributed by atoms with Gasteiger partial charge >= 0.3 is 0 Å². The summed E-state index contributed by atoms with van der Waals surface area (Å²) < 4.78 is 10.4. The van der Waals surface area contributed by atoms with Gasteiger partial charge in [-0.15, -0.1) is 0 Å². The molecule has 0 unspecified atom stereocenters. The lowest BCUT2D eigenvalue weighted by molar-refractivity contribution is -0.118. The molecule has 0 aromatic heterocycles. The van der Waals surface area contributed by atoms with Crippen molar-refractivity contribution in [3.05, 3.63) is 54.1 Å². The molecule has 0 bridgehead atoms. The summed E-state index contributed by atoms with van der Waals surface area (Å²) in [7, 11) is 1.57. The van der Waals surface area contributed by atoms with Crippen LogP contribution in [0.3, 0.4) is 0 Å². The van der Waals surface area contributed by atoms with E-state index in [1.165, 1.54) is 0 Å². The summed E-state index contributed by atoms with van der Waals surface area (Å²) in [5, 5.41) is 2.70. The minimum Gasteiger partial charge on any atom is -0.497 e. The second-order valence-corrected chi connectivity index (χ2v) is 4.56. The number of nitrogens with two attached hydrogens (primary N) is 1. The fourth-order valence-corrected chi connectivity index (χ4v) is 1.81. The highest BCUT2D eigenvalue weighted by molar-refractivity contribution is 5.94. The number of carbonyl (C=O) groups is 2. The van der Waals surface area contributed by atoms with Gasteiger partial charge in [0.2, 0.25) is 0 Å². The molecule has 0 aliphatic heterocycles. The number of hydrazine groups is 1. The Kier molecular flexibility index (Phi) is 5.54. The first kappa shape index (κ1) is 16.3. The Morgan fingerprint density at radius 2 is 1.61 bits per heavy atom. The van der Waals surface area contributed by atoms with Crippen molar-refractivity contribution in [3.8, 4) is 11.5 Å². The fraction of sp³-hybridized carbons (Fsp3) is 0.125. The third kappa shape index (κ3) is 4.72. The van der Waals surface area contributed by atoms with Crippen LogP contribution in [0.1, 0.15) is 10.4 Å². The number of benzene rings is 2. The molecule has 0 atom stereocenters. The number of methoxy groups -OCH3 is 1. The van der Waals surface area contributed by atoms with Crippen molar-refractivity contribution in [1.29, 1.82) is 0 Å². The summed E-state index contributed by atoms with van der Waals surface area (Å²) in [6, 6.07) is 13.2. The number of nitrogens with one attached hydrogen (secondary N) is 2. The number of amides is 2. The molecule has 0 fully saturated rings. The van der Waals surface area contributed by atoms with E-state index >= 15 is 0 Å². The first-order valence-electron chi connectivity index (χ1n) is 6.80. The quantitative estimate of drug-likeness (QED) is 0.424. The SMILES string of the molecule is COc1ccc(NC(=O)COc2ccc(C(=O)NN)cc2)cc1. The third-order valence-electron chi connectivity index (χ3n) is 2.99. The van der Waals surface area contributed by atoms with Gasteiger partial charge in [-0.05, 0) is 48.5 Å². The van der Waals surface area contributed by atoms with Crippen molar-refractivity contribution in [2.24, 2.45) is 5.84 Å². The van der Waals surface area contributed by atoms with Crippen molar-refractivity contribution in [3.63, 3.8) is 0 Å². The third-order valence-corrected chi connectivity index (χ3v) is 2.99. The monoisotopic (exact) mass is 315 g/mol. The summed E-state index contributed by atoms with van der Waals surface area (Å²) in [5.41, 5.74) is 3.09. The lowest BCUT2D eigenvalue weighted by atomic mass is 10.2. The highest BCUT2D eigenvalue weighted by atomic mass is 16.5. The second kappa shape index (κ2) is 7.81. The van der Waals surface area contributed by atoms with E-state index < -0.39 is 5.91 Å². The molecule has 0 aliphatic rings. The molecular formula is C16H17N3O4. The molecule has 7 heteroatoms. The van der Waals surface area contributed by atoms with Gasteiger partial charge in [-0.2, -0.15) is 0 Å². The summed E-state index contributed by atoms with van der Waals surface area (Å²) in [4.78, 5) is 23.1.